The first-order valence-corrected chi connectivity index (χ1v) is 17.1. The zero-order valence-electron chi connectivity index (χ0n) is 28.2. The summed E-state index contributed by atoms with van der Waals surface area (Å²) in [5.74, 6) is 0.110. The summed E-state index contributed by atoms with van der Waals surface area (Å²) in [5.41, 5.74) is 5.64. The molecule has 1 aliphatic rings. The summed E-state index contributed by atoms with van der Waals surface area (Å²) in [7, 11) is 3.13. The summed E-state index contributed by atoms with van der Waals surface area (Å²) in [6.45, 7) is 3.68. The molecule has 2 aromatic heterocycles. The first-order chi connectivity index (χ1) is 24.1. The van der Waals surface area contributed by atoms with Crippen LogP contribution in [0.2, 0.25) is 10.0 Å². The molecule has 264 valence electrons. The van der Waals surface area contributed by atoms with Crippen molar-refractivity contribution in [2.45, 2.75) is 51.4 Å². The summed E-state index contributed by atoms with van der Waals surface area (Å²) in [5, 5.41) is 26.0. The number of nitrogens with zero attached hydrogens (tertiary/aromatic N) is 3. The number of carbonyl (C=O) groups excluding carboxylic acids is 1. The fourth-order valence-electron chi connectivity index (χ4n) is 6.09. The van der Waals surface area contributed by atoms with Crippen LogP contribution in [0.3, 0.4) is 0 Å². The minimum atomic E-state index is -1.04. The van der Waals surface area contributed by atoms with Gasteiger partial charge in [0.25, 0.3) is 0 Å². The Morgan fingerprint density at radius 3 is 2.36 bits per heavy atom. The van der Waals surface area contributed by atoms with Crippen LogP contribution in [-0.4, -0.2) is 83.0 Å². The molecule has 1 fully saturated rings. The highest BCUT2D eigenvalue weighted by molar-refractivity contribution is 6.39. The number of piperidine rings is 1. The van der Waals surface area contributed by atoms with Gasteiger partial charge >= 0.3 is 5.97 Å². The number of nitrogens with one attached hydrogen (secondary N) is 2. The van der Waals surface area contributed by atoms with E-state index >= 15 is 0 Å². The number of halogens is 2. The maximum Gasteiger partial charge on any atom is 0.320 e. The minimum absolute atomic E-state index is 0.0858. The van der Waals surface area contributed by atoms with Crippen LogP contribution in [0.25, 0.3) is 33.6 Å². The van der Waals surface area contributed by atoms with E-state index < -0.39 is 12.0 Å². The number of hydrogen-bond acceptors (Lipinski definition) is 9. The van der Waals surface area contributed by atoms with Gasteiger partial charge in [-0.1, -0.05) is 59.6 Å². The molecule has 0 bridgehead atoms. The lowest BCUT2D eigenvalue weighted by Crippen LogP contribution is -2.44. The standard InChI is InChI=1S/C37H41Cl2N5O6/c1-22(46)44-16-12-26(13-17-44)41-21-25-9-10-30(43-36(25)50-3)29-6-4-5-27(33(29)38)28-11-15-40-35(34(28)39)23-7-8-24(32(19-23)49-2)20-42-31(14-18-45)37(47)48/h4-11,15,19,26,31,41-42,45H,12-14,16-18,20-21H2,1-3H3,(H,47,48)/t31-/m1/s1. The number of ether oxygens (including phenoxy) is 2. The molecule has 50 heavy (non-hydrogen) atoms. The minimum Gasteiger partial charge on any atom is -0.496 e. The van der Waals surface area contributed by atoms with E-state index in [1.807, 2.05) is 53.4 Å². The van der Waals surface area contributed by atoms with Crippen LogP contribution in [0.4, 0.5) is 0 Å². The number of benzene rings is 2. The highest BCUT2D eigenvalue weighted by atomic mass is 35.5. The van der Waals surface area contributed by atoms with Crippen molar-refractivity contribution in [3.05, 3.63) is 82.0 Å². The van der Waals surface area contributed by atoms with Gasteiger partial charge in [-0.2, -0.15) is 0 Å². The van der Waals surface area contributed by atoms with Gasteiger partial charge in [0.2, 0.25) is 11.8 Å². The molecule has 13 heteroatoms. The molecule has 1 aliphatic heterocycles. The molecule has 0 radical (unpaired) electrons. The number of likely N-dealkylation sites (tertiary alicyclic amines) is 1. The fourth-order valence-corrected chi connectivity index (χ4v) is 6.73. The third-order valence-corrected chi connectivity index (χ3v) is 9.71. The SMILES string of the molecule is COc1cc(-c2nccc(-c3cccc(-c4ccc(CNC5CCN(C(C)=O)CC5)c(OC)n4)c3Cl)c2Cl)ccc1CN[C@H](CCO)C(=O)O. The molecule has 0 aliphatic carbocycles. The molecule has 4 aromatic rings. The number of aliphatic carboxylic acids is 1. The summed E-state index contributed by atoms with van der Waals surface area (Å²) in [4.78, 5) is 34.4. The van der Waals surface area contributed by atoms with Crippen molar-refractivity contribution < 1.29 is 29.3 Å². The van der Waals surface area contributed by atoms with Crippen molar-refractivity contribution >= 4 is 35.1 Å². The Morgan fingerprint density at radius 2 is 1.68 bits per heavy atom. The van der Waals surface area contributed by atoms with Crippen LogP contribution < -0.4 is 20.1 Å². The van der Waals surface area contributed by atoms with Crippen molar-refractivity contribution in [3.63, 3.8) is 0 Å². The van der Waals surface area contributed by atoms with E-state index in [1.54, 1.807) is 26.3 Å². The maximum atomic E-state index is 11.7. The Kier molecular flexibility index (Phi) is 12.7. The van der Waals surface area contributed by atoms with Crippen LogP contribution >= 0.6 is 23.2 Å². The predicted octanol–water partition coefficient (Wildman–Crippen LogP) is 5.83. The molecule has 0 unspecified atom stereocenters. The maximum absolute atomic E-state index is 11.7. The number of aliphatic hydroxyl groups excluding tert-OH is 1. The number of methoxy groups -OCH3 is 2. The Hall–Kier alpha value is -4.26. The van der Waals surface area contributed by atoms with E-state index in [0.29, 0.717) is 67.9 Å². The average Bonchev–Trinajstić information content (AvgIpc) is 3.12. The van der Waals surface area contributed by atoms with E-state index in [0.717, 1.165) is 37.1 Å². The van der Waals surface area contributed by atoms with Crippen LogP contribution in [-0.2, 0) is 22.7 Å². The highest BCUT2D eigenvalue weighted by Crippen LogP contribution is 2.42. The number of aromatic nitrogens is 2. The van der Waals surface area contributed by atoms with E-state index in [9.17, 15) is 19.8 Å². The quantitative estimate of drug-likeness (QED) is 0.126. The van der Waals surface area contributed by atoms with Crippen LogP contribution in [0.15, 0.2) is 60.8 Å². The van der Waals surface area contributed by atoms with Gasteiger partial charge in [0.05, 0.1) is 35.7 Å². The zero-order chi connectivity index (χ0) is 35.8. The van der Waals surface area contributed by atoms with Gasteiger partial charge in [-0.3, -0.25) is 14.6 Å². The molecule has 1 atom stereocenters. The highest BCUT2D eigenvalue weighted by Gasteiger charge is 2.22. The Balaban J connectivity index is 1.37. The van der Waals surface area contributed by atoms with Crippen molar-refractivity contribution in [2.24, 2.45) is 0 Å². The molecular weight excluding hydrogens is 681 g/mol. The first-order valence-electron chi connectivity index (χ1n) is 16.4. The fraction of sp³-hybridized carbons (Fsp3) is 0.351. The van der Waals surface area contributed by atoms with Gasteiger partial charge in [-0.15, -0.1) is 0 Å². The second kappa shape index (κ2) is 17.1. The van der Waals surface area contributed by atoms with Crippen molar-refractivity contribution in [1.29, 1.82) is 0 Å². The molecule has 2 aromatic carbocycles. The summed E-state index contributed by atoms with van der Waals surface area (Å²) in [6, 6.07) is 16.3. The number of pyridine rings is 2. The van der Waals surface area contributed by atoms with Crippen molar-refractivity contribution in [1.82, 2.24) is 25.5 Å². The van der Waals surface area contributed by atoms with E-state index in [4.69, 9.17) is 37.7 Å². The van der Waals surface area contributed by atoms with E-state index in [1.165, 1.54) is 7.11 Å². The van der Waals surface area contributed by atoms with Gasteiger partial charge in [-0.05, 0) is 37.5 Å². The Morgan fingerprint density at radius 1 is 0.960 bits per heavy atom. The largest absolute Gasteiger partial charge is 0.496 e. The van der Waals surface area contributed by atoms with Gasteiger partial charge in [-0.25, -0.2) is 4.98 Å². The van der Waals surface area contributed by atoms with Crippen LogP contribution in [0.5, 0.6) is 11.6 Å². The topological polar surface area (TPSA) is 146 Å². The second-order valence-electron chi connectivity index (χ2n) is 12.0. The van der Waals surface area contributed by atoms with E-state index in [-0.39, 0.29) is 25.5 Å². The lowest BCUT2D eigenvalue weighted by atomic mass is 9.99. The second-order valence-corrected chi connectivity index (χ2v) is 12.8. The molecule has 1 saturated heterocycles. The monoisotopic (exact) mass is 721 g/mol. The summed E-state index contributed by atoms with van der Waals surface area (Å²) in [6.07, 6.45) is 3.54. The number of carbonyl (C=O) groups is 2. The Labute approximate surface area is 301 Å². The molecular formula is C37H41Cl2N5O6. The molecule has 1 amide bonds. The number of carboxylic acid groups (broad SMARTS) is 1. The summed E-state index contributed by atoms with van der Waals surface area (Å²) < 4.78 is 11.3. The molecule has 4 N–H and O–H groups in total. The van der Waals surface area contributed by atoms with Gasteiger partial charge in [0.1, 0.15) is 11.8 Å². The van der Waals surface area contributed by atoms with Gasteiger partial charge in [0.15, 0.2) is 0 Å². The van der Waals surface area contributed by atoms with E-state index in [2.05, 4.69) is 15.6 Å². The smallest absolute Gasteiger partial charge is 0.320 e. The Bertz CT molecular complexity index is 1830. The van der Waals surface area contributed by atoms with Crippen LogP contribution in [0.1, 0.15) is 37.3 Å². The molecule has 0 saturated carbocycles. The number of aliphatic hydroxyl groups is 1. The zero-order valence-corrected chi connectivity index (χ0v) is 29.7. The molecule has 5 rings (SSSR count). The lowest BCUT2D eigenvalue weighted by Gasteiger charge is -2.31. The third-order valence-electron chi connectivity index (χ3n) is 8.92. The predicted molar refractivity (Wildman–Crippen MR) is 194 cm³/mol. The number of carboxylic acids is 1. The van der Waals surface area contributed by atoms with Gasteiger partial charge in [0, 0.05) is 85.3 Å². The molecule has 11 nitrogen and oxygen atoms in total. The lowest BCUT2D eigenvalue weighted by molar-refractivity contribution is -0.140. The molecule has 0 spiro atoms. The van der Waals surface area contributed by atoms with Gasteiger partial charge < -0.3 is 35.2 Å². The number of rotatable bonds is 14. The average molecular weight is 723 g/mol. The summed E-state index contributed by atoms with van der Waals surface area (Å²) >= 11 is 14.1. The molecule has 3 heterocycles. The third kappa shape index (κ3) is 8.54. The normalized spacial score (nSPS) is 14.0. The first kappa shape index (κ1) is 37.0. The van der Waals surface area contributed by atoms with Crippen molar-refractivity contribution in [3.8, 4) is 45.3 Å². The van der Waals surface area contributed by atoms with Crippen LogP contribution in [0, 0.1) is 0 Å². The number of amides is 1. The number of hydrogen-bond donors (Lipinski definition) is 4. The van der Waals surface area contributed by atoms with Crippen molar-refractivity contribution in [2.75, 3.05) is 33.9 Å².